The zero-order chi connectivity index (χ0) is 6.91. The van der Waals surface area contributed by atoms with E-state index >= 15 is 0 Å². The van der Waals surface area contributed by atoms with Crippen molar-refractivity contribution in [2.24, 2.45) is 0 Å². The van der Waals surface area contributed by atoms with Crippen LogP contribution in [0.25, 0.3) is 0 Å². The molecule has 1 rings (SSSR count). The summed E-state index contributed by atoms with van der Waals surface area (Å²) >= 11 is 2.93. The molecule has 1 atom stereocenters. The molecule has 3 nitrogen and oxygen atoms in total. The predicted molar refractivity (Wildman–Crippen MR) is 34.1 cm³/mol. The third kappa shape index (κ3) is 1.08. The van der Waals surface area contributed by atoms with Crippen LogP contribution >= 0.6 is 15.9 Å². The second-order valence-electron chi connectivity index (χ2n) is 1.73. The normalized spacial score (nSPS) is 32.1. The number of rotatable bonds is 1. The molecule has 4 heteroatoms. The third-order valence-electron chi connectivity index (χ3n) is 1.05. The number of carboxylic acids is 1. The molecule has 0 fully saturated rings. The number of ether oxygens (including phenoxy) is 1. The van der Waals surface area contributed by atoms with E-state index in [2.05, 4.69) is 15.9 Å². The van der Waals surface area contributed by atoms with Crippen molar-refractivity contribution in [2.75, 3.05) is 0 Å². The molecular weight excluding hydrogens is 188 g/mol. The van der Waals surface area contributed by atoms with Crippen LogP contribution in [-0.2, 0) is 9.53 Å². The van der Waals surface area contributed by atoms with Gasteiger partial charge in [0.15, 0.2) is 0 Å². The van der Waals surface area contributed by atoms with E-state index in [0.717, 1.165) is 0 Å². The quantitative estimate of drug-likeness (QED) is 0.634. The summed E-state index contributed by atoms with van der Waals surface area (Å²) in [6, 6.07) is 0. The molecule has 1 N–H and O–H groups in total. The molecule has 1 aliphatic rings. The maximum Gasteiger partial charge on any atom is 0.359 e. The van der Waals surface area contributed by atoms with Gasteiger partial charge in [-0.15, -0.1) is 0 Å². The Morgan fingerprint density at radius 3 is 2.78 bits per heavy atom. The third-order valence-corrected chi connectivity index (χ3v) is 1.90. The van der Waals surface area contributed by atoms with E-state index in [1.807, 2.05) is 0 Å². The number of hydrogen-bond acceptors (Lipinski definition) is 2. The Balaban J connectivity index is 2.66. The summed E-state index contributed by atoms with van der Waals surface area (Å²) in [7, 11) is 0. The fraction of sp³-hybridized carbons (Fsp3) is 0.400. The van der Waals surface area contributed by atoms with Crippen LogP contribution in [0.5, 0.6) is 0 Å². The first-order valence-corrected chi connectivity index (χ1v) is 3.19. The Kier molecular flexibility index (Phi) is 1.48. The number of hydrogen-bond donors (Lipinski definition) is 1. The molecule has 9 heavy (non-hydrogen) atoms. The average molecular weight is 193 g/mol. The second kappa shape index (κ2) is 2.02. The first-order valence-electron chi connectivity index (χ1n) is 2.40. The van der Waals surface area contributed by atoms with Crippen molar-refractivity contribution < 1.29 is 14.6 Å². The van der Waals surface area contributed by atoms with Crippen molar-refractivity contribution in [3.8, 4) is 0 Å². The summed E-state index contributed by atoms with van der Waals surface area (Å²) in [5.41, 5.74) is 0. The van der Waals surface area contributed by atoms with Gasteiger partial charge in [0.05, 0.1) is 6.26 Å². The molecule has 0 saturated heterocycles. The van der Waals surface area contributed by atoms with E-state index in [1.54, 1.807) is 6.08 Å². The van der Waals surface area contributed by atoms with Gasteiger partial charge in [-0.25, -0.2) is 4.79 Å². The number of alkyl halides is 1. The highest BCUT2D eigenvalue weighted by Gasteiger charge is 2.38. The molecule has 1 heterocycles. The number of halogens is 1. The van der Waals surface area contributed by atoms with Gasteiger partial charge >= 0.3 is 5.97 Å². The Bertz CT molecular complexity index is 156. The van der Waals surface area contributed by atoms with E-state index in [0.29, 0.717) is 6.42 Å². The SMILES string of the molecule is O=C(O)C1(Br)CC=CO1. The molecule has 0 saturated carbocycles. The smallest absolute Gasteiger partial charge is 0.359 e. The molecule has 50 valence electrons. The maximum absolute atomic E-state index is 10.3. The highest BCUT2D eigenvalue weighted by Crippen LogP contribution is 2.29. The lowest BCUT2D eigenvalue weighted by molar-refractivity contribution is -0.148. The van der Waals surface area contributed by atoms with Crippen molar-refractivity contribution in [1.82, 2.24) is 0 Å². The summed E-state index contributed by atoms with van der Waals surface area (Å²) in [5.74, 6) is -0.993. The highest BCUT2D eigenvalue weighted by molar-refractivity contribution is 9.10. The summed E-state index contributed by atoms with van der Waals surface area (Å²) in [6.07, 6.45) is 3.41. The molecule has 0 spiro atoms. The maximum atomic E-state index is 10.3. The van der Waals surface area contributed by atoms with E-state index in [1.165, 1.54) is 6.26 Å². The minimum atomic E-state index is -1.19. The van der Waals surface area contributed by atoms with Crippen molar-refractivity contribution in [3.05, 3.63) is 12.3 Å². The van der Waals surface area contributed by atoms with Gasteiger partial charge in [-0.1, -0.05) is 0 Å². The molecular formula is C5H5BrO3. The van der Waals surface area contributed by atoms with Crippen LogP contribution in [0.15, 0.2) is 12.3 Å². The average Bonchev–Trinajstić information content (AvgIpc) is 2.16. The predicted octanol–water partition coefficient (Wildman–Crippen LogP) is 1.10. The molecule has 0 bridgehead atoms. The Morgan fingerprint density at radius 1 is 1.89 bits per heavy atom. The first-order chi connectivity index (χ1) is 4.15. The largest absolute Gasteiger partial charge is 0.478 e. The van der Waals surface area contributed by atoms with Crippen LogP contribution in [0.1, 0.15) is 6.42 Å². The lowest BCUT2D eigenvalue weighted by Crippen LogP contribution is -2.29. The highest BCUT2D eigenvalue weighted by atomic mass is 79.9. The number of aliphatic carboxylic acids is 1. The van der Waals surface area contributed by atoms with Crippen LogP contribution in [0.2, 0.25) is 0 Å². The topological polar surface area (TPSA) is 46.5 Å². The zero-order valence-corrected chi connectivity index (χ0v) is 6.09. The van der Waals surface area contributed by atoms with Gasteiger partial charge in [-0.05, 0) is 22.0 Å². The van der Waals surface area contributed by atoms with Crippen molar-refractivity contribution in [2.45, 2.75) is 10.9 Å². The number of carbonyl (C=O) groups is 1. The Hall–Kier alpha value is -0.510. The van der Waals surface area contributed by atoms with Crippen LogP contribution in [0.3, 0.4) is 0 Å². The van der Waals surface area contributed by atoms with E-state index in [9.17, 15) is 4.79 Å². The second-order valence-corrected chi connectivity index (χ2v) is 3.01. The summed E-state index contributed by atoms with van der Waals surface area (Å²) in [6.45, 7) is 0. The van der Waals surface area contributed by atoms with E-state index < -0.39 is 10.5 Å². The molecule has 0 aromatic heterocycles. The molecule has 0 aromatic rings. The molecule has 0 aromatic carbocycles. The van der Waals surface area contributed by atoms with Gasteiger partial charge < -0.3 is 9.84 Å². The van der Waals surface area contributed by atoms with Crippen LogP contribution in [0.4, 0.5) is 0 Å². The fourth-order valence-electron chi connectivity index (χ4n) is 0.541. The molecule has 0 amide bonds. The van der Waals surface area contributed by atoms with Gasteiger partial charge in [-0.3, -0.25) is 0 Å². The van der Waals surface area contributed by atoms with Gasteiger partial charge in [0.25, 0.3) is 4.51 Å². The van der Waals surface area contributed by atoms with Crippen molar-refractivity contribution >= 4 is 21.9 Å². The summed E-state index contributed by atoms with van der Waals surface area (Å²) in [4.78, 5) is 10.3. The standard InChI is InChI=1S/C5H5BrO3/c6-5(4(7)8)2-1-3-9-5/h1,3H,2H2,(H,7,8). The van der Waals surface area contributed by atoms with E-state index in [4.69, 9.17) is 9.84 Å². The zero-order valence-electron chi connectivity index (χ0n) is 4.50. The van der Waals surface area contributed by atoms with Crippen LogP contribution in [0, 0.1) is 0 Å². The van der Waals surface area contributed by atoms with Gasteiger partial charge in [0, 0.05) is 6.42 Å². The van der Waals surface area contributed by atoms with Crippen molar-refractivity contribution in [1.29, 1.82) is 0 Å². The minimum absolute atomic E-state index is 0.377. The van der Waals surface area contributed by atoms with E-state index in [-0.39, 0.29) is 0 Å². The van der Waals surface area contributed by atoms with Gasteiger partial charge in [-0.2, -0.15) is 0 Å². The monoisotopic (exact) mass is 192 g/mol. The first kappa shape index (κ1) is 6.61. The Labute approximate surface area is 60.4 Å². The lowest BCUT2D eigenvalue weighted by atomic mass is 10.3. The minimum Gasteiger partial charge on any atom is -0.478 e. The Morgan fingerprint density at radius 2 is 2.56 bits per heavy atom. The summed E-state index contributed by atoms with van der Waals surface area (Å²) < 4.78 is 3.55. The molecule has 0 aliphatic carbocycles. The summed E-state index contributed by atoms with van der Waals surface area (Å²) in [5, 5.41) is 8.46. The van der Waals surface area contributed by atoms with Gasteiger partial charge in [0.1, 0.15) is 0 Å². The van der Waals surface area contributed by atoms with Crippen LogP contribution < -0.4 is 0 Å². The lowest BCUT2D eigenvalue weighted by Gasteiger charge is -2.14. The number of carboxylic acid groups (broad SMARTS) is 1. The van der Waals surface area contributed by atoms with Crippen molar-refractivity contribution in [3.63, 3.8) is 0 Å². The molecule has 1 aliphatic heterocycles. The van der Waals surface area contributed by atoms with Crippen LogP contribution in [-0.4, -0.2) is 15.6 Å². The molecule has 0 radical (unpaired) electrons. The molecule has 1 unspecified atom stereocenters. The fourth-order valence-corrected chi connectivity index (χ4v) is 0.836. The van der Waals surface area contributed by atoms with Gasteiger partial charge in [0.2, 0.25) is 0 Å².